The summed E-state index contributed by atoms with van der Waals surface area (Å²) in [5.41, 5.74) is 0.840. The fraction of sp³-hybridized carbons (Fsp3) is 1.00. The van der Waals surface area contributed by atoms with Gasteiger partial charge in [-0.3, -0.25) is 0 Å². The van der Waals surface area contributed by atoms with Gasteiger partial charge >= 0.3 is 0 Å². The minimum Gasteiger partial charge on any atom is -0.312 e. The quantitative estimate of drug-likeness (QED) is 0.642. The molecule has 1 N–H and O–H groups in total. The fourth-order valence-corrected chi connectivity index (χ4v) is 2.66. The van der Waals surface area contributed by atoms with E-state index in [4.69, 9.17) is 0 Å². The van der Waals surface area contributed by atoms with Crippen molar-refractivity contribution in [1.29, 1.82) is 0 Å². The van der Waals surface area contributed by atoms with Gasteiger partial charge in [-0.1, -0.05) is 20.3 Å². The highest BCUT2D eigenvalue weighted by Crippen LogP contribution is 2.55. The predicted molar refractivity (Wildman–Crippen MR) is 47.6 cm³/mol. The van der Waals surface area contributed by atoms with E-state index in [-0.39, 0.29) is 0 Å². The Labute approximate surface area is 69.6 Å². The zero-order valence-corrected chi connectivity index (χ0v) is 7.69. The second-order valence-corrected chi connectivity index (χ2v) is 4.78. The lowest BCUT2D eigenvalue weighted by Gasteiger charge is -2.55. The SMILES string of the molecule is CC(C)NC1CC2(CCC2)C1. The van der Waals surface area contributed by atoms with Gasteiger partial charge in [-0.15, -0.1) is 0 Å². The molecule has 0 aliphatic heterocycles. The molecule has 1 spiro atoms. The summed E-state index contributed by atoms with van der Waals surface area (Å²) in [6.07, 6.45) is 7.46. The molecule has 64 valence electrons. The molecular formula is C10H19N. The van der Waals surface area contributed by atoms with Gasteiger partial charge in [0.1, 0.15) is 0 Å². The van der Waals surface area contributed by atoms with E-state index in [1.165, 1.54) is 32.1 Å². The molecule has 0 heterocycles. The molecule has 2 saturated carbocycles. The van der Waals surface area contributed by atoms with Crippen LogP contribution in [0.4, 0.5) is 0 Å². The van der Waals surface area contributed by atoms with E-state index in [0.717, 1.165) is 11.5 Å². The average Bonchev–Trinajstić information content (AvgIpc) is 1.71. The first-order valence-corrected chi connectivity index (χ1v) is 4.96. The molecular weight excluding hydrogens is 134 g/mol. The standard InChI is InChI=1S/C10H19N/c1-8(2)11-9-6-10(7-9)4-3-5-10/h8-9,11H,3-7H2,1-2H3. The first-order valence-electron chi connectivity index (χ1n) is 4.96. The second-order valence-electron chi connectivity index (χ2n) is 4.78. The van der Waals surface area contributed by atoms with Crippen LogP contribution in [0.2, 0.25) is 0 Å². The lowest BCUT2D eigenvalue weighted by Crippen LogP contribution is -2.53. The highest BCUT2D eigenvalue weighted by atomic mass is 15.0. The zero-order valence-electron chi connectivity index (χ0n) is 7.69. The van der Waals surface area contributed by atoms with Gasteiger partial charge in [0.15, 0.2) is 0 Å². The van der Waals surface area contributed by atoms with Crippen molar-refractivity contribution < 1.29 is 0 Å². The molecule has 0 radical (unpaired) electrons. The monoisotopic (exact) mass is 153 g/mol. The molecule has 0 aromatic rings. The van der Waals surface area contributed by atoms with Crippen LogP contribution in [0.3, 0.4) is 0 Å². The van der Waals surface area contributed by atoms with E-state index in [9.17, 15) is 0 Å². The van der Waals surface area contributed by atoms with E-state index < -0.39 is 0 Å². The molecule has 0 saturated heterocycles. The summed E-state index contributed by atoms with van der Waals surface area (Å²) in [7, 11) is 0. The van der Waals surface area contributed by atoms with Crippen LogP contribution < -0.4 is 5.32 Å². The van der Waals surface area contributed by atoms with Crippen LogP contribution in [0.15, 0.2) is 0 Å². The first kappa shape index (κ1) is 7.60. The maximum absolute atomic E-state index is 3.60. The lowest BCUT2D eigenvalue weighted by atomic mass is 9.54. The van der Waals surface area contributed by atoms with Crippen molar-refractivity contribution in [2.75, 3.05) is 0 Å². The van der Waals surface area contributed by atoms with Gasteiger partial charge in [-0.25, -0.2) is 0 Å². The Balaban J connectivity index is 1.71. The van der Waals surface area contributed by atoms with Gasteiger partial charge < -0.3 is 5.32 Å². The van der Waals surface area contributed by atoms with Gasteiger partial charge in [0.05, 0.1) is 0 Å². The molecule has 0 bridgehead atoms. The first-order chi connectivity index (χ1) is 5.20. The lowest BCUT2D eigenvalue weighted by molar-refractivity contribution is -0.00468. The summed E-state index contributed by atoms with van der Waals surface area (Å²) < 4.78 is 0. The highest BCUT2D eigenvalue weighted by molar-refractivity contribution is 5.02. The molecule has 0 aromatic carbocycles. The van der Waals surface area contributed by atoms with Crippen LogP contribution in [0.5, 0.6) is 0 Å². The molecule has 2 aliphatic rings. The van der Waals surface area contributed by atoms with E-state index >= 15 is 0 Å². The molecule has 11 heavy (non-hydrogen) atoms. The third-order valence-corrected chi connectivity index (χ3v) is 3.34. The normalized spacial score (nSPS) is 28.6. The van der Waals surface area contributed by atoms with Crippen LogP contribution in [0.25, 0.3) is 0 Å². The smallest absolute Gasteiger partial charge is 0.00800 e. The summed E-state index contributed by atoms with van der Waals surface area (Å²) in [5.74, 6) is 0. The minimum absolute atomic E-state index is 0.678. The number of nitrogens with one attached hydrogen (secondary N) is 1. The van der Waals surface area contributed by atoms with Crippen molar-refractivity contribution in [2.24, 2.45) is 5.41 Å². The number of rotatable bonds is 2. The minimum atomic E-state index is 0.678. The Morgan fingerprint density at radius 1 is 1.27 bits per heavy atom. The van der Waals surface area contributed by atoms with Crippen molar-refractivity contribution in [3.05, 3.63) is 0 Å². The maximum Gasteiger partial charge on any atom is 0.00800 e. The molecule has 1 nitrogen and oxygen atoms in total. The van der Waals surface area contributed by atoms with Gasteiger partial charge in [0, 0.05) is 12.1 Å². The molecule has 0 atom stereocenters. The Morgan fingerprint density at radius 3 is 2.27 bits per heavy atom. The van der Waals surface area contributed by atoms with Crippen molar-refractivity contribution in [3.8, 4) is 0 Å². The largest absolute Gasteiger partial charge is 0.312 e. The van der Waals surface area contributed by atoms with Crippen molar-refractivity contribution in [3.63, 3.8) is 0 Å². The Kier molecular flexibility index (Phi) is 1.71. The van der Waals surface area contributed by atoms with Gasteiger partial charge in [-0.2, -0.15) is 0 Å². The van der Waals surface area contributed by atoms with Crippen LogP contribution in [0, 0.1) is 5.41 Å². The topological polar surface area (TPSA) is 12.0 Å². The Bertz CT molecular complexity index is 139. The van der Waals surface area contributed by atoms with E-state index in [2.05, 4.69) is 19.2 Å². The molecule has 1 heteroatoms. The Morgan fingerprint density at radius 2 is 1.91 bits per heavy atom. The van der Waals surface area contributed by atoms with Crippen molar-refractivity contribution >= 4 is 0 Å². The van der Waals surface area contributed by atoms with Crippen molar-refractivity contribution in [1.82, 2.24) is 5.32 Å². The maximum atomic E-state index is 3.60. The van der Waals surface area contributed by atoms with E-state index in [1.54, 1.807) is 0 Å². The number of hydrogen-bond acceptors (Lipinski definition) is 1. The second kappa shape index (κ2) is 2.48. The van der Waals surface area contributed by atoms with Crippen LogP contribution in [-0.2, 0) is 0 Å². The molecule has 0 aromatic heterocycles. The predicted octanol–water partition coefficient (Wildman–Crippen LogP) is 2.32. The van der Waals surface area contributed by atoms with Gasteiger partial charge in [0.2, 0.25) is 0 Å². The molecule has 0 amide bonds. The van der Waals surface area contributed by atoms with Crippen molar-refractivity contribution in [2.45, 2.75) is 58.0 Å². The van der Waals surface area contributed by atoms with Crippen LogP contribution in [0.1, 0.15) is 46.0 Å². The summed E-state index contributed by atoms with van der Waals surface area (Å²) in [5, 5.41) is 3.60. The fourth-order valence-electron chi connectivity index (χ4n) is 2.66. The molecule has 0 unspecified atom stereocenters. The molecule has 2 rings (SSSR count). The molecule has 2 aliphatic carbocycles. The highest BCUT2D eigenvalue weighted by Gasteiger charge is 2.47. The number of hydrogen-bond donors (Lipinski definition) is 1. The average molecular weight is 153 g/mol. The Hall–Kier alpha value is -0.0400. The summed E-state index contributed by atoms with van der Waals surface area (Å²) in [4.78, 5) is 0. The third-order valence-electron chi connectivity index (χ3n) is 3.34. The van der Waals surface area contributed by atoms with Gasteiger partial charge in [0.25, 0.3) is 0 Å². The van der Waals surface area contributed by atoms with E-state index in [1.807, 2.05) is 0 Å². The molecule has 2 fully saturated rings. The summed E-state index contributed by atoms with van der Waals surface area (Å²) in [6.45, 7) is 4.48. The summed E-state index contributed by atoms with van der Waals surface area (Å²) in [6, 6.07) is 1.53. The summed E-state index contributed by atoms with van der Waals surface area (Å²) >= 11 is 0. The van der Waals surface area contributed by atoms with Crippen LogP contribution >= 0.6 is 0 Å². The zero-order chi connectivity index (χ0) is 7.90. The van der Waals surface area contributed by atoms with E-state index in [0.29, 0.717) is 6.04 Å². The van der Waals surface area contributed by atoms with Gasteiger partial charge in [-0.05, 0) is 31.1 Å². The van der Waals surface area contributed by atoms with Crippen LogP contribution in [-0.4, -0.2) is 12.1 Å². The third kappa shape index (κ3) is 1.31.